The van der Waals surface area contributed by atoms with Gasteiger partial charge in [-0.15, -0.1) is 0 Å². The zero-order valence-corrected chi connectivity index (χ0v) is 13.8. The van der Waals surface area contributed by atoms with Crippen LogP contribution in [0.15, 0.2) is 88.1 Å². The monoisotopic (exact) mass is 345 g/mol. The molecule has 0 saturated heterocycles. The summed E-state index contributed by atoms with van der Waals surface area (Å²) in [5, 5.41) is 0. The van der Waals surface area contributed by atoms with Gasteiger partial charge in [0.25, 0.3) is 5.90 Å². The highest BCUT2D eigenvalue weighted by Gasteiger charge is 2.26. The molecule has 0 aliphatic carbocycles. The third kappa shape index (κ3) is 3.42. The fraction of sp³-hybridized carbons (Fsp3) is 0.0476. The standard InChI is InChI=1S/C21H15NO4/c23-21-17(22-20(26-21)19-11-6-12-24-19)13-16-9-4-5-10-18(16)25-14-15-7-2-1-3-8-15/h1-13H,14H2/b17-13-. The van der Waals surface area contributed by atoms with Crippen LogP contribution in [0.1, 0.15) is 16.9 Å². The molecule has 0 N–H and O–H groups in total. The largest absolute Gasteiger partial charge is 0.488 e. The van der Waals surface area contributed by atoms with Crippen molar-refractivity contribution in [3.8, 4) is 5.75 Å². The lowest BCUT2D eigenvalue weighted by atomic mass is 10.1. The van der Waals surface area contributed by atoms with Gasteiger partial charge in [-0.2, -0.15) is 0 Å². The number of esters is 1. The number of carbonyl (C=O) groups excluding carboxylic acids is 1. The Hall–Kier alpha value is -3.60. The van der Waals surface area contributed by atoms with Gasteiger partial charge in [-0.1, -0.05) is 48.5 Å². The maximum absolute atomic E-state index is 12.1. The van der Waals surface area contributed by atoms with Gasteiger partial charge >= 0.3 is 5.97 Å². The van der Waals surface area contributed by atoms with E-state index in [0.717, 1.165) is 11.1 Å². The minimum Gasteiger partial charge on any atom is -0.488 e. The minimum absolute atomic E-state index is 0.161. The van der Waals surface area contributed by atoms with Crippen LogP contribution in [0.5, 0.6) is 5.75 Å². The number of hydrogen-bond acceptors (Lipinski definition) is 5. The fourth-order valence-corrected chi connectivity index (χ4v) is 2.53. The topological polar surface area (TPSA) is 61.0 Å². The summed E-state index contributed by atoms with van der Waals surface area (Å²) in [6.45, 7) is 0.437. The van der Waals surface area contributed by atoms with Gasteiger partial charge in [0.2, 0.25) is 0 Å². The molecule has 0 bridgehead atoms. The smallest absolute Gasteiger partial charge is 0.363 e. The number of benzene rings is 2. The van der Waals surface area contributed by atoms with Crippen LogP contribution in [-0.2, 0) is 16.1 Å². The summed E-state index contributed by atoms with van der Waals surface area (Å²) >= 11 is 0. The summed E-state index contributed by atoms with van der Waals surface area (Å²) in [5.41, 5.74) is 2.01. The number of para-hydroxylation sites is 1. The zero-order chi connectivity index (χ0) is 17.8. The first-order valence-electron chi connectivity index (χ1n) is 8.12. The zero-order valence-electron chi connectivity index (χ0n) is 13.8. The molecule has 2 heterocycles. The van der Waals surface area contributed by atoms with Crippen LogP contribution >= 0.6 is 0 Å². The Kier molecular flexibility index (Phi) is 4.35. The third-order valence-corrected chi connectivity index (χ3v) is 3.80. The number of furan rings is 1. The van der Waals surface area contributed by atoms with E-state index in [9.17, 15) is 4.79 Å². The van der Waals surface area contributed by atoms with Crippen molar-refractivity contribution in [1.29, 1.82) is 0 Å². The van der Waals surface area contributed by atoms with E-state index in [1.165, 1.54) is 6.26 Å². The lowest BCUT2D eigenvalue weighted by Crippen LogP contribution is -2.04. The number of cyclic esters (lactones) is 1. The van der Waals surface area contributed by atoms with E-state index in [-0.39, 0.29) is 11.6 Å². The number of ether oxygens (including phenoxy) is 2. The highest BCUT2D eigenvalue weighted by Crippen LogP contribution is 2.25. The second-order valence-corrected chi connectivity index (χ2v) is 5.63. The molecular formula is C21H15NO4. The first kappa shape index (κ1) is 15.9. The van der Waals surface area contributed by atoms with Crippen molar-refractivity contribution in [3.63, 3.8) is 0 Å². The molecule has 1 aromatic heterocycles. The molecule has 0 saturated carbocycles. The predicted octanol–water partition coefficient (Wildman–Crippen LogP) is 4.20. The van der Waals surface area contributed by atoms with Crippen LogP contribution in [0, 0.1) is 0 Å². The lowest BCUT2D eigenvalue weighted by Gasteiger charge is -2.09. The van der Waals surface area contributed by atoms with E-state index in [4.69, 9.17) is 13.9 Å². The summed E-state index contributed by atoms with van der Waals surface area (Å²) in [4.78, 5) is 16.3. The Morgan fingerprint density at radius 2 is 1.77 bits per heavy atom. The van der Waals surface area contributed by atoms with Crippen molar-refractivity contribution in [2.24, 2.45) is 4.99 Å². The molecule has 1 aliphatic rings. The summed E-state index contributed by atoms with van der Waals surface area (Å²) in [5.74, 6) is 0.719. The minimum atomic E-state index is -0.519. The molecule has 5 nitrogen and oxygen atoms in total. The average molecular weight is 345 g/mol. The molecule has 128 valence electrons. The first-order valence-corrected chi connectivity index (χ1v) is 8.12. The lowest BCUT2D eigenvalue weighted by molar-refractivity contribution is -0.130. The average Bonchev–Trinajstić information content (AvgIpc) is 3.32. The van der Waals surface area contributed by atoms with Crippen molar-refractivity contribution in [1.82, 2.24) is 0 Å². The van der Waals surface area contributed by atoms with Crippen molar-refractivity contribution in [2.75, 3.05) is 0 Å². The fourth-order valence-electron chi connectivity index (χ4n) is 2.53. The molecule has 0 unspecified atom stereocenters. The van der Waals surface area contributed by atoms with Gasteiger partial charge in [0.15, 0.2) is 11.5 Å². The molecule has 4 rings (SSSR count). The van der Waals surface area contributed by atoms with Crippen LogP contribution in [0.25, 0.3) is 6.08 Å². The van der Waals surface area contributed by atoms with Gasteiger partial charge in [-0.25, -0.2) is 9.79 Å². The SMILES string of the molecule is O=C1OC(c2ccco2)=N/C1=C\c1ccccc1OCc1ccccc1. The van der Waals surface area contributed by atoms with E-state index in [1.807, 2.05) is 54.6 Å². The predicted molar refractivity (Wildman–Crippen MR) is 96.5 cm³/mol. The number of nitrogens with zero attached hydrogens (tertiary/aromatic N) is 1. The molecule has 0 amide bonds. The van der Waals surface area contributed by atoms with Gasteiger partial charge in [0, 0.05) is 5.56 Å². The van der Waals surface area contributed by atoms with Crippen molar-refractivity contribution in [3.05, 3.63) is 95.6 Å². The van der Waals surface area contributed by atoms with Gasteiger partial charge in [-0.3, -0.25) is 0 Å². The van der Waals surface area contributed by atoms with Gasteiger partial charge in [0.05, 0.1) is 6.26 Å². The van der Waals surface area contributed by atoms with E-state index < -0.39 is 5.97 Å². The highest BCUT2D eigenvalue weighted by atomic mass is 16.6. The second kappa shape index (κ2) is 7.11. The first-order chi connectivity index (χ1) is 12.8. The third-order valence-electron chi connectivity index (χ3n) is 3.80. The van der Waals surface area contributed by atoms with Crippen LogP contribution in [0.3, 0.4) is 0 Å². The van der Waals surface area contributed by atoms with Crippen LogP contribution in [0.4, 0.5) is 0 Å². The summed E-state index contributed by atoms with van der Waals surface area (Å²) in [7, 11) is 0. The Morgan fingerprint density at radius 3 is 2.58 bits per heavy atom. The van der Waals surface area contributed by atoms with E-state index in [1.54, 1.807) is 18.2 Å². The summed E-state index contributed by atoms with van der Waals surface area (Å²) < 4.78 is 16.3. The number of aliphatic imine (C=N–C) groups is 1. The van der Waals surface area contributed by atoms with E-state index >= 15 is 0 Å². The van der Waals surface area contributed by atoms with Crippen molar-refractivity contribution >= 4 is 17.9 Å². The molecule has 0 atom stereocenters. The van der Waals surface area contributed by atoms with Crippen LogP contribution < -0.4 is 4.74 Å². The number of carbonyl (C=O) groups is 1. The van der Waals surface area contributed by atoms with E-state index in [0.29, 0.717) is 18.1 Å². The Morgan fingerprint density at radius 1 is 0.962 bits per heavy atom. The maximum Gasteiger partial charge on any atom is 0.363 e. The van der Waals surface area contributed by atoms with E-state index in [2.05, 4.69) is 4.99 Å². The Labute approximate surface area is 150 Å². The molecule has 3 aromatic rings. The number of rotatable bonds is 5. The molecule has 0 radical (unpaired) electrons. The van der Waals surface area contributed by atoms with Crippen LogP contribution in [0.2, 0.25) is 0 Å². The van der Waals surface area contributed by atoms with Gasteiger partial charge in [-0.05, 0) is 29.8 Å². The number of hydrogen-bond donors (Lipinski definition) is 0. The van der Waals surface area contributed by atoms with Crippen molar-refractivity contribution in [2.45, 2.75) is 6.61 Å². The Balaban J connectivity index is 1.58. The van der Waals surface area contributed by atoms with Gasteiger partial charge < -0.3 is 13.9 Å². The molecule has 0 fully saturated rings. The highest BCUT2D eigenvalue weighted by molar-refractivity contribution is 6.11. The van der Waals surface area contributed by atoms with Gasteiger partial charge in [0.1, 0.15) is 12.4 Å². The normalized spacial score (nSPS) is 15.0. The van der Waals surface area contributed by atoms with Crippen molar-refractivity contribution < 1.29 is 18.7 Å². The maximum atomic E-state index is 12.1. The summed E-state index contributed by atoms with van der Waals surface area (Å²) in [6.07, 6.45) is 3.15. The molecule has 1 aliphatic heterocycles. The van der Waals surface area contributed by atoms with Crippen LogP contribution in [-0.4, -0.2) is 11.9 Å². The summed E-state index contributed by atoms with van der Waals surface area (Å²) in [6, 6.07) is 20.7. The second-order valence-electron chi connectivity index (χ2n) is 5.63. The molecule has 26 heavy (non-hydrogen) atoms. The Bertz CT molecular complexity index is 972. The quantitative estimate of drug-likeness (QED) is 0.513. The molecule has 0 spiro atoms. The molecule has 5 heteroatoms. The molecule has 2 aromatic carbocycles. The molecular weight excluding hydrogens is 330 g/mol.